The zero-order valence-electron chi connectivity index (χ0n) is 14.1. The van der Waals surface area contributed by atoms with Gasteiger partial charge in [-0.15, -0.1) is 5.01 Å². The molecule has 1 aliphatic heterocycles. The van der Waals surface area contributed by atoms with Crippen LogP contribution < -0.4 is 5.32 Å². The Bertz CT molecular complexity index is 858. The Labute approximate surface area is 145 Å². The van der Waals surface area contributed by atoms with E-state index in [0.717, 1.165) is 17.2 Å². The molecule has 0 bridgehead atoms. The van der Waals surface area contributed by atoms with Crippen LogP contribution in [-0.4, -0.2) is 23.2 Å². The van der Waals surface area contributed by atoms with E-state index in [1.165, 1.54) is 6.21 Å². The van der Waals surface area contributed by atoms with Gasteiger partial charge in [0.25, 0.3) is 5.91 Å². The van der Waals surface area contributed by atoms with Gasteiger partial charge in [-0.1, -0.05) is 37.3 Å². The average molecular weight is 337 g/mol. The van der Waals surface area contributed by atoms with Gasteiger partial charge in [-0.25, -0.2) is 4.79 Å². The van der Waals surface area contributed by atoms with Crippen LogP contribution in [0.4, 0.5) is 4.79 Å². The highest BCUT2D eigenvalue weighted by atomic mass is 16.3. The Morgan fingerprint density at radius 3 is 2.64 bits per heavy atom. The molecule has 1 saturated carbocycles. The first kappa shape index (κ1) is 15.6. The topological polar surface area (TPSA) is 74.9 Å². The molecule has 2 aromatic rings. The van der Waals surface area contributed by atoms with Crippen LogP contribution in [0.3, 0.4) is 0 Å². The molecule has 1 aromatic carbocycles. The van der Waals surface area contributed by atoms with Crippen LogP contribution in [0.5, 0.6) is 0 Å². The molecule has 2 fully saturated rings. The van der Waals surface area contributed by atoms with Gasteiger partial charge in [0, 0.05) is 5.92 Å². The van der Waals surface area contributed by atoms with Crippen LogP contribution in [0, 0.1) is 5.92 Å². The van der Waals surface area contributed by atoms with Crippen molar-refractivity contribution >= 4 is 18.2 Å². The first-order chi connectivity index (χ1) is 12.0. The van der Waals surface area contributed by atoms with Crippen LogP contribution in [-0.2, 0) is 10.3 Å². The van der Waals surface area contributed by atoms with E-state index in [9.17, 15) is 9.59 Å². The van der Waals surface area contributed by atoms with Crippen molar-refractivity contribution in [1.29, 1.82) is 0 Å². The molecule has 1 N–H and O–H groups in total. The number of amides is 3. The van der Waals surface area contributed by atoms with Crippen molar-refractivity contribution in [1.82, 2.24) is 10.3 Å². The largest absolute Gasteiger partial charge is 0.460 e. The summed E-state index contributed by atoms with van der Waals surface area (Å²) < 4.78 is 5.73. The maximum absolute atomic E-state index is 12.7. The highest BCUT2D eigenvalue weighted by Crippen LogP contribution is 2.47. The monoisotopic (exact) mass is 337 g/mol. The van der Waals surface area contributed by atoms with Crippen molar-refractivity contribution in [2.24, 2.45) is 11.0 Å². The predicted molar refractivity (Wildman–Crippen MR) is 92.0 cm³/mol. The summed E-state index contributed by atoms with van der Waals surface area (Å²) in [6.07, 6.45) is 2.54. The van der Waals surface area contributed by atoms with Gasteiger partial charge in [-0.05, 0) is 37.0 Å². The van der Waals surface area contributed by atoms with E-state index >= 15 is 0 Å². The minimum Gasteiger partial charge on any atom is -0.460 e. The van der Waals surface area contributed by atoms with E-state index in [1.807, 2.05) is 24.3 Å². The van der Waals surface area contributed by atoms with Crippen molar-refractivity contribution in [2.45, 2.75) is 31.7 Å². The fraction of sp³-hybridized carbons (Fsp3) is 0.316. The lowest BCUT2D eigenvalue weighted by atomic mass is 9.92. The summed E-state index contributed by atoms with van der Waals surface area (Å²) in [5, 5.41) is 7.61. The van der Waals surface area contributed by atoms with E-state index in [4.69, 9.17) is 4.42 Å². The van der Waals surface area contributed by atoms with Gasteiger partial charge >= 0.3 is 6.03 Å². The van der Waals surface area contributed by atoms with Crippen molar-refractivity contribution in [3.8, 4) is 0 Å². The van der Waals surface area contributed by atoms with E-state index < -0.39 is 17.5 Å². The van der Waals surface area contributed by atoms with Gasteiger partial charge in [-0.2, -0.15) is 5.10 Å². The molecule has 1 saturated heterocycles. The molecule has 6 heteroatoms. The molecule has 2 heterocycles. The van der Waals surface area contributed by atoms with Gasteiger partial charge < -0.3 is 9.73 Å². The molecule has 0 unspecified atom stereocenters. The zero-order valence-corrected chi connectivity index (χ0v) is 14.1. The Morgan fingerprint density at radius 1 is 1.24 bits per heavy atom. The van der Waals surface area contributed by atoms with E-state index in [0.29, 0.717) is 23.2 Å². The second-order valence-electron chi connectivity index (χ2n) is 6.84. The number of imide groups is 1. The van der Waals surface area contributed by atoms with Crippen molar-refractivity contribution in [2.75, 3.05) is 0 Å². The number of nitrogens with one attached hydrogen (secondary N) is 1. The lowest BCUT2D eigenvalue weighted by molar-refractivity contribution is -0.131. The average Bonchev–Trinajstić information content (AvgIpc) is 3.07. The minimum atomic E-state index is -1.12. The molecule has 0 radical (unpaired) electrons. The summed E-state index contributed by atoms with van der Waals surface area (Å²) in [6, 6.07) is 12.3. The Morgan fingerprint density at radius 2 is 1.96 bits per heavy atom. The molecule has 128 valence electrons. The molecular weight excluding hydrogens is 318 g/mol. The molecule has 25 heavy (non-hydrogen) atoms. The summed E-state index contributed by atoms with van der Waals surface area (Å²) in [5.41, 5.74) is -0.401. The third-order valence-electron chi connectivity index (χ3n) is 4.94. The zero-order chi connectivity index (χ0) is 17.6. The number of rotatable bonds is 4. The predicted octanol–water partition coefficient (Wildman–Crippen LogP) is 3.20. The standard InChI is InChI=1S/C19H19N3O3/c1-12-10-15(12)16-9-8-14(25-16)11-20-22-17(23)19(2,21-18(22)24)13-6-4-3-5-7-13/h3-9,11-12,15H,10H2,1-2H3,(H,21,24)/b20-11-/t12-,15+,19+/m0/s1. The van der Waals surface area contributed by atoms with Gasteiger partial charge in [0.1, 0.15) is 17.1 Å². The molecule has 3 atom stereocenters. The third-order valence-corrected chi connectivity index (χ3v) is 4.94. The van der Waals surface area contributed by atoms with Crippen LogP contribution in [0.25, 0.3) is 0 Å². The summed E-state index contributed by atoms with van der Waals surface area (Å²) >= 11 is 0. The SMILES string of the molecule is C[C@H]1C[C@H]1c1ccc(/C=N\N2C(=O)N[C@](C)(c3ccccc3)C2=O)o1. The number of hydrogen-bond acceptors (Lipinski definition) is 4. The van der Waals surface area contributed by atoms with Gasteiger partial charge in [-0.3, -0.25) is 4.79 Å². The van der Waals surface area contributed by atoms with Gasteiger partial charge in [0.15, 0.2) is 0 Å². The highest BCUT2D eigenvalue weighted by molar-refractivity contribution is 6.07. The molecule has 6 nitrogen and oxygen atoms in total. The van der Waals surface area contributed by atoms with Crippen LogP contribution in [0.2, 0.25) is 0 Å². The number of furan rings is 1. The molecule has 1 aromatic heterocycles. The molecule has 0 spiro atoms. The lowest BCUT2D eigenvalue weighted by Gasteiger charge is -2.20. The van der Waals surface area contributed by atoms with Crippen LogP contribution in [0.1, 0.15) is 43.3 Å². The number of urea groups is 1. The fourth-order valence-corrected chi connectivity index (χ4v) is 3.17. The third kappa shape index (κ3) is 2.63. The van der Waals surface area contributed by atoms with Crippen LogP contribution in [0.15, 0.2) is 52.0 Å². The van der Waals surface area contributed by atoms with E-state index in [2.05, 4.69) is 17.3 Å². The summed E-state index contributed by atoms with van der Waals surface area (Å²) in [7, 11) is 0. The second-order valence-corrected chi connectivity index (χ2v) is 6.84. The Hall–Kier alpha value is -2.89. The first-order valence-corrected chi connectivity index (χ1v) is 8.35. The smallest absolute Gasteiger partial charge is 0.346 e. The fourth-order valence-electron chi connectivity index (χ4n) is 3.17. The maximum Gasteiger partial charge on any atom is 0.346 e. The second kappa shape index (κ2) is 5.58. The van der Waals surface area contributed by atoms with Gasteiger partial charge in [0.05, 0.1) is 6.21 Å². The quantitative estimate of drug-likeness (QED) is 0.687. The number of carbonyl (C=O) groups is 2. The molecule has 2 aliphatic rings. The number of hydrogen-bond donors (Lipinski definition) is 1. The van der Waals surface area contributed by atoms with E-state index in [1.54, 1.807) is 25.1 Å². The van der Waals surface area contributed by atoms with Crippen LogP contribution >= 0.6 is 0 Å². The molecule has 3 amide bonds. The summed E-state index contributed by atoms with van der Waals surface area (Å²) in [6.45, 7) is 3.86. The van der Waals surface area contributed by atoms with Crippen molar-refractivity contribution in [3.63, 3.8) is 0 Å². The highest BCUT2D eigenvalue weighted by Gasteiger charge is 2.49. The normalized spacial score (nSPS) is 28.6. The molecular formula is C19H19N3O3. The maximum atomic E-state index is 12.7. The van der Waals surface area contributed by atoms with Crippen molar-refractivity contribution in [3.05, 3.63) is 59.5 Å². The first-order valence-electron chi connectivity index (χ1n) is 8.35. The van der Waals surface area contributed by atoms with Crippen molar-refractivity contribution < 1.29 is 14.0 Å². The minimum absolute atomic E-state index is 0.414. The Kier molecular flexibility index (Phi) is 3.49. The number of hydrazone groups is 1. The molecule has 1 aliphatic carbocycles. The Balaban J connectivity index is 1.54. The number of nitrogens with zero attached hydrogens (tertiary/aromatic N) is 2. The van der Waals surface area contributed by atoms with E-state index in [-0.39, 0.29) is 0 Å². The number of carbonyl (C=O) groups excluding carboxylic acids is 2. The van der Waals surface area contributed by atoms with Gasteiger partial charge in [0.2, 0.25) is 0 Å². The summed E-state index contributed by atoms with van der Waals surface area (Å²) in [5.74, 6) is 2.17. The molecule has 4 rings (SSSR count). The number of benzene rings is 1. The lowest BCUT2D eigenvalue weighted by Crippen LogP contribution is -2.40. The summed E-state index contributed by atoms with van der Waals surface area (Å²) in [4.78, 5) is 24.9.